The molecule has 0 spiro atoms. The molecular formula is C19H17N3O7. The summed E-state index contributed by atoms with van der Waals surface area (Å²) >= 11 is 0. The molecule has 29 heavy (non-hydrogen) atoms. The summed E-state index contributed by atoms with van der Waals surface area (Å²) in [5, 5.41) is 24.2. The number of amides is 3. The number of rotatable bonds is 5. The Morgan fingerprint density at radius 2 is 2.00 bits per heavy atom. The van der Waals surface area contributed by atoms with E-state index < -0.39 is 28.5 Å². The van der Waals surface area contributed by atoms with Crippen molar-refractivity contribution in [1.82, 2.24) is 10.2 Å². The van der Waals surface area contributed by atoms with Crippen molar-refractivity contribution in [3.8, 4) is 11.5 Å². The number of ether oxygens (including phenoxy) is 2. The van der Waals surface area contributed by atoms with Crippen LogP contribution in [0.15, 0.2) is 42.5 Å². The number of benzene rings is 2. The maximum absolute atomic E-state index is 13.0. The molecule has 2 aromatic rings. The SMILES string of the molecule is C[C@@]1(c2cccc([N+](=O)[O-])c2)NC(=O)N(C[C@@H](O)c2ccc3c(c2)OCO3)C1=O. The van der Waals surface area contributed by atoms with E-state index in [0.29, 0.717) is 17.1 Å². The van der Waals surface area contributed by atoms with Gasteiger partial charge in [0.1, 0.15) is 5.54 Å². The van der Waals surface area contributed by atoms with Crippen molar-refractivity contribution in [2.75, 3.05) is 13.3 Å². The number of nitrogens with one attached hydrogen (secondary N) is 1. The molecule has 0 aliphatic carbocycles. The van der Waals surface area contributed by atoms with Crippen LogP contribution in [0.4, 0.5) is 10.5 Å². The van der Waals surface area contributed by atoms with Gasteiger partial charge >= 0.3 is 6.03 Å². The molecule has 150 valence electrons. The average molecular weight is 399 g/mol. The third kappa shape index (κ3) is 3.13. The molecule has 4 rings (SSSR count). The van der Waals surface area contributed by atoms with Crippen molar-refractivity contribution in [3.63, 3.8) is 0 Å². The topological polar surface area (TPSA) is 131 Å². The maximum Gasteiger partial charge on any atom is 0.325 e. The number of hydrogen-bond donors (Lipinski definition) is 2. The van der Waals surface area contributed by atoms with Gasteiger partial charge in [0.15, 0.2) is 11.5 Å². The number of fused-ring (bicyclic) bond motifs is 1. The Kier molecular flexibility index (Phi) is 4.35. The molecule has 1 saturated heterocycles. The van der Waals surface area contributed by atoms with E-state index in [0.717, 1.165) is 4.90 Å². The molecule has 10 nitrogen and oxygen atoms in total. The number of hydrogen-bond acceptors (Lipinski definition) is 7. The summed E-state index contributed by atoms with van der Waals surface area (Å²) in [6.45, 7) is 1.28. The van der Waals surface area contributed by atoms with Crippen LogP contribution >= 0.6 is 0 Å². The van der Waals surface area contributed by atoms with Crippen molar-refractivity contribution < 1.29 is 29.1 Å². The largest absolute Gasteiger partial charge is 0.454 e. The summed E-state index contributed by atoms with van der Waals surface area (Å²) in [7, 11) is 0. The lowest BCUT2D eigenvalue weighted by atomic mass is 9.91. The molecule has 0 saturated carbocycles. The van der Waals surface area contributed by atoms with Gasteiger partial charge in [-0.25, -0.2) is 4.79 Å². The molecule has 0 unspecified atom stereocenters. The Bertz CT molecular complexity index is 1020. The van der Waals surface area contributed by atoms with Crippen LogP contribution in [0.3, 0.4) is 0 Å². The summed E-state index contributed by atoms with van der Waals surface area (Å²) in [5.41, 5.74) is -0.925. The molecule has 2 aliphatic heterocycles. The molecule has 2 N–H and O–H groups in total. The van der Waals surface area contributed by atoms with Gasteiger partial charge in [-0.2, -0.15) is 0 Å². The highest BCUT2D eigenvalue weighted by Crippen LogP contribution is 2.35. The van der Waals surface area contributed by atoms with Crippen LogP contribution in [0.5, 0.6) is 11.5 Å². The zero-order chi connectivity index (χ0) is 20.8. The van der Waals surface area contributed by atoms with Crippen molar-refractivity contribution in [2.24, 2.45) is 0 Å². The van der Waals surface area contributed by atoms with Crippen LogP contribution in [0.1, 0.15) is 24.2 Å². The predicted octanol–water partition coefficient (Wildman–Crippen LogP) is 1.82. The number of carbonyl (C=O) groups is 2. The van der Waals surface area contributed by atoms with Crippen LogP contribution in [0, 0.1) is 10.1 Å². The number of β-amino-alcohol motifs (C(OH)–C–C–N with tert-alkyl or cyclic N) is 1. The van der Waals surface area contributed by atoms with Gasteiger partial charge in [0.2, 0.25) is 6.79 Å². The van der Waals surface area contributed by atoms with Gasteiger partial charge in [0, 0.05) is 12.1 Å². The minimum Gasteiger partial charge on any atom is -0.454 e. The summed E-state index contributed by atoms with van der Waals surface area (Å²) in [6, 6.07) is 9.68. The molecular weight excluding hydrogens is 382 g/mol. The van der Waals surface area contributed by atoms with Gasteiger partial charge in [0.25, 0.3) is 11.6 Å². The number of imide groups is 1. The zero-order valence-electron chi connectivity index (χ0n) is 15.3. The van der Waals surface area contributed by atoms with Crippen LogP contribution in [-0.4, -0.2) is 40.2 Å². The van der Waals surface area contributed by atoms with Crippen LogP contribution in [0.2, 0.25) is 0 Å². The third-order valence-electron chi connectivity index (χ3n) is 5.05. The van der Waals surface area contributed by atoms with E-state index in [4.69, 9.17) is 9.47 Å². The molecule has 2 heterocycles. The third-order valence-corrected chi connectivity index (χ3v) is 5.05. The molecule has 0 aromatic heterocycles. The summed E-state index contributed by atoms with van der Waals surface area (Å²) in [6.07, 6.45) is -1.15. The molecule has 3 amide bonds. The minimum absolute atomic E-state index is 0.0868. The number of carbonyl (C=O) groups excluding carboxylic acids is 2. The number of nitro groups is 1. The van der Waals surface area contributed by atoms with Crippen LogP contribution in [-0.2, 0) is 10.3 Å². The first-order valence-electron chi connectivity index (χ1n) is 8.76. The summed E-state index contributed by atoms with van der Waals surface area (Å²) in [4.78, 5) is 36.8. The maximum atomic E-state index is 13.0. The first-order valence-corrected chi connectivity index (χ1v) is 8.76. The lowest BCUT2D eigenvalue weighted by molar-refractivity contribution is -0.385. The van der Waals surface area contributed by atoms with Crippen LogP contribution < -0.4 is 14.8 Å². The van der Waals surface area contributed by atoms with Gasteiger partial charge < -0.3 is 19.9 Å². The highest BCUT2D eigenvalue weighted by Gasteiger charge is 2.49. The standard InChI is InChI=1S/C19H17N3O7/c1-19(12-3-2-4-13(8-12)22(26)27)17(24)21(18(25)20-19)9-14(23)11-5-6-15-16(7-11)29-10-28-15/h2-8,14,23H,9-10H2,1H3,(H,20,25)/t14-,19+/m1/s1. The van der Waals surface area contributed by atoms with Crippen LogP contribution in [0.25, 0.3) is 0 Å². The Morgan fingerprint density at radius 3 is 2.76 bits per heavy atom. The molecule has 0 radical (unpaired) electrons. The zero-order valence-corrected chi connectivity index (χ0v) is 15.3. The lowest BCUT2D eigenvalue weighted by Crippen LogP contribution is -2.41. The number of nitro benzene ring substituents is 1. The van der Waals surface area contributed by atoms with E-state index in [1.807, 2.05) is 0 Å². The van der Waals surface area contributed by atoms with E-state index in [9.17, 15) is 24.8 Å². The number of non-ortho nitro benzene ring substituents is 1. The van der Waals surface area contributed by atoms with Crippen molar-refractivity contribution in [3.05, 3.63) is 63.7 Å². The fraction of sp³-hybridized carbons (Fsp3) is 0.263. The Hall–Kier alpha value is -3.66. The van der Waals surface area contributed by atoms with Crippen molar-refractivity contribution in [1.29, 1.82) is 0 Å². The molecule has 10 heteroatoms. The Labute approximate surface area is 164 Å². The Morgan fingerprint density at radius 1 is 1.24 bits per heavy atom. The van der Waals surface area contributed by atoms with E-state index in [1.165, 1.54) is 31.2 Å². The second-order valence-electron chi connectivity index (χ2n) is 6.91. The number of urea groups is 1. The van der Waals surface area contributed by atoms with E-state index in [2.05, 4.69) is 5.32 Å². The Balaban J connectivity index is 1.56. The molecule has 2 aromatic carbocycles. The van der Waals surface area contributed by atoms with E-state index >= 15 is 0 Å². The van der Waals surface area contributed by atoms with Gasteiger partial charge in [-0.3, -0.25) is 19.8 Å². The van der Waals surface area contributed by atoms with E-state index in [1.54, 1.807) is 18.2 Å². The molecule has 2 aliphatic rings. The summed E-state index contributed by atoms with van der Waals surface area (Å²) in [5.74, 6) is 0.414. The van der Waals surface area contributed by atoms with Gasteiger partial charge in [-0.15, -0.1) is 0 Å². The normalized spacial score (nSPS) is 21.2. The molecule has 2 atom stereocenters. The monoisotopic (exact) mass is 399 g/mol. The predicted molar refractivity (Wildman–Crippen MR) is 98.2 cm³/mol. The first kappa shape index (κ1) is 18.7. The van der Waals surface area contributed by atoms with Crippen molar-refractivity contribution in [2.45, 2.75) is 18.6 Å². The second kappa shape index (κ2) is 6.74. The van der Waals surface area contributed by atoms with Gasteiger partial charge in [-0.05, 0) is 30.2 Å². The minimum atomic E-state index is -1.47. The quantitative estimate of drug-likeness (QED) is 0.445. The van der Waals surface area contributed by atoms with Gasteiger partial charge in [0.05, 0.1) is 17.6 Å². The summed E-state index contributed by atoms with van der Waals surface area (Å²) < 4.78 is 10.5. The number of aliphatic hydroxyl groups excluding tert-OH is 1. The second-order valence-corrected chi connectivity index (χ2v) is 6.91. The van der Waals surface area contributed by atoms with E-state index in [-0.39, 0.29) is 24.6 Å². The fourth-order valence-corrected chi connectivity index (χ4v) is 3.39. The number of aliphatic hydroxyl groups is 1. The van der Waals surface area contributed by atoms with Crippen molar-refractivity contribution >= 4 is 17.6 Å². The fourth-order valence-electron chi connectivity index (χ4n) is 3.39. The smallest absolute Gasteiger partial charge is 0.325 e. The number of nitrogens with zero attached hydrogens (tertiary/aromatic N) is 2. The highest BCUT2D eigenvalue weighted by molar-refractivity contribution is 6.07. The van der Waals surface area contributed by atoms with Gasteiger partial charge in [-0.1, -0.05) is 18.2 Å². The molecule has 0 bridgehead atoms. The lowest BCUT2D eigenvalue weighted by Gasteiger charge is -2.23. The molecule has 1 fully saturated rings. The average Bonchev–Trinajstić information content (AvgIpc) is 3.26. The highest BCUT2D eigenvalue weighted by atomic mass is 16.7. The first-order chi connectivity index (χ1) is 13.8.